The summed E-state index contributed by atoms with van der Waals surface area (Å²) in [6.45, 7) is 0. The van der Waals surface area contributed by atoms with Crippen LogP contribution in [0.5, 0.6) is 0 Å². The third-order valence-corrected chi connectivity index (χ3v) is 3.36. The van der Waals surface area contributed by atoms with Crippen molar-refractivity contribution in [2.75, 3.05) is 5.73 Å². The molecule has 3 rings (SSSR count). The minimum atomic E-state index is -4.42. The predicted molar refractivity (Wildman–Crippen MR) is 76.0 cm³/mol. The van der Waals surface area contributed by atoms with E-state index < -0.39 is 11.7 Å². The molecule has 0 saturated carbocycles. The van der Waals surface area contributed by atoms with Crippen LogP contribution in [-0.2, 0) is 6.18 Å². The van der Waals surface area contributed by atoms with Crippen molar-refractivity contribution in [3.63, 3.8) is 0 Å². The molecule has 108 valence electrons. The van der Waals surface area contributed by atoms with E-state index in [1.807, 2.05) is 0 Å². The quantitative estimate of drug-likeness (QED) is 0.721. The number of anilines is 1. The van der Waals surface area contributed by atoms with E-state index >= 15 is 0 Å². The van der Waals surface area contributed by atoms with Gasteiger partial charge in [0.2, 0.25) is 5.95 Å². The number of nitrogens with zero attached hydrogens (tertiary/aromatic N) is 3. The molecule has 0 saturated heterocycles. The zero-order chi connectivity index (χ0) is 15.2. The van der Waals surface area contributed by atoms with Gasteiger partial charge in [-0.3, -0.25) is 4.57 Å². The van der Waals surface area contributed by atoms with Gasteiger partial charge in [0.15, 0.2) is 5.65 Å². The lowest BCUT2D eigenvalue weighted by atomic mass is 10.2. The Hall–Kier alpha value is -2.09. The minimum absolute atomic E-state index is 0.0786. The number of fused-ring (bicyclic) bond motifs is 1. The molecule has 0 radical (unpaired) electrons. The Morgan fingerprint density at radius 2 is 1.95 bits per heavy atom. The summed E-state index contributed by atoms with van der Waals surface area (Å²) in [5.74, 6) is 0.0786. The van der Waals surface area contributed by atoms with Crippen molar-refractivity contribution in [2.24, 2.45) is 0 Å². The Labute approximate surface area is 125 Å². The van der Waals surface area contributed by atoms with Crippen LogP contribution in [0.15, 0.2) is 41.0 Å². The summed E-state index contributed by atoms with van der Waals surface area (Å²) < 4.78 is 40.5. The Balaban J connectivity index is 2.23. The van der Waals surface area contributed by atoms with E-state index in [9.17, 15) is 13.2 Å². The van der Waals surface area contributed by atoms with Crippen molar-refractivity contribution in [1.82, 2.24) is 14.5 Å². The fourth-order valence-electron chi connectivity index (χ4n) is 2.03. The number of alkyl halides is 3. The standard InChI is InChI=1S/C13H8BrF3N4/c14-8-5-10-11(19-6-8)21(12(18)20-10)9-3-1-2-7(4-9)13(15,16)17/h1-6H,(H2,18,20). The molecule has 2 N–H and O–H groups in total. The van der Waals surface area contributed by atoms with Crippen LogP contribution in [0.1, 0.15) is 5.56 Å². The first kappa shape index (κ1) is 13.9. The Kier molecular flexibility index (Phi) is 3.12. The fraction of sp³-hybridized carbons (Fsp3) is 0.0769. The van der Waals surface area contributed by atoms with Crippen LogP contribution in [0.2, 0.25) is 0 Å². The van der Waals surface area contributed by atoms with Crippen molar-refractivity contribution in [3.05, 3.63) is 46.6 Å². The average Bonchev–Trinajstić information content (AvgIpc) is 2.73. The summed E-state index contributed by atoms with van der Waals surface area (Å²) in [7, 11) is 0. The highest BCUT2D eigenvalue weighted by Crippen LogP contribution is 2.31. The second-order valence-electron chi connectivity index (χ2n) is 4.35. The molecule has 2 aromatic heterocycles. The van der Waals surface area contributed by atoms with E-state index in [0.717, 1.165) is 12.1 Å². The molecule has 0 fully saturated rings. The molecule has 0 aliphatic heterocycles. The molecule has 0 spiro atoms. The van der Waals surface area contributed by atoms with Crippen LogP contribution in [0.25, 0.3) is 16.9 Å². The number of halogens is 4. The highest BCUT2D eigenvalue weighted by atomic mass is 79.9. The van der Waals surface area contributed by atoms with E-state index in [1.165, 1.54) is 22.9 Å². The molecule has 0 bridgehead atoms. The van der Waals surface area contributed by atoms with E-state index in [4.69, 9.17) is 5.73 Å². The topological polar surface area (TPSA) is 56.7 Å². The van der Waals surface area contributed by atoms with Crippen molar-refractivity contribution in [3.8, 4) is 5.69 Å². The number of rotatable bonds is 1. The predicted octanol–water partition coefficient (Wildman–Crippen LogP) is 3.78. The lowest BCUT2D eigenvalue weighted by Gasteiger charge is -2.10. The van der Waals surface area contributed by atoms with Crippen LogP contribution in [0.3, 0.4) is 0 Å². The summed E-state index contributed by atoms with van der Waals surface area (Å²) in [6, 6.07) is 6.56. The Morgan fingerprint density at radius 3 is 2.67 bits per heavy atom. The maximum atomic E-state index is 12.8. The lowest BCUT2D eigenvalue weighted by Crippen LogP contribution is -2.07. The third kappa shape index (κ3) is 2.46. The van der Waals surface area contributed by atoms with Crippen LogP contribution < -0.4 is 5.73 Å². The maximum absolute atomic E-state index is 12.8. The van der Waals surface area contributed by atoms with Crippen LogP contribution >= 0.6 is 15.9 Å². The molecule has 21 heavy (non-hydrogen) atoms. The first-order valence-electron chi connectivity index (χ1n) is 5.83. The molecule has 2 heterocycles. The van der Waals surface area contributed by atoms with E-state index in [0.29, 0.717) is 15.6 Å². The van der Waals surface area contributed by atoms with Crippen molar-refractivity contribution >= 4 is 33.0 Å². The van der Waals surface area contributed by atoms with Crippen molar-refractivity contribution < 1.29 is 13.2 Å². The van der Waals surface area contributed by atoms with Gasteiger partial charge in [0, 0.05) is 10.7 Å². The summed E-state index contributed by atoms with van der Waals surface area (Å²) >= 11 is 3.26. The number of imidazole rings is 1. The molecular formula is C13H8BrF3N4. The number of hydrogen-bond donors (Lipinski definition) is 1. The summed E-state index contributed by atoms with van der Waals surface area (Å²) in [5, 5.41) is 0. The second kappa shape index (κ2) is 4.73. The highest BCUT2D eigenvalue weighted by Gasteiger charge is 2.30. The molecule has 1 aromatic carbocycles. The number of aromatic nitrogens is 3. The van der Waals surface area contributed by atoms with Gasteiger partial charge < -0.3 is 5.73 Å². The van der Waals surface area contributed by atoms with E-state index in [2.05, 4.69) is 25.9 Å². The molecule has 3 aromatic rings. The van der Waals surface area contributed by atoms with Gasteiger partial charge in [-0.05, 0) is 40.2 Å². The van der Waals surface area contributed by atoms with Gasteiger partial charge in [-0.1, -0.05) is 6.07 Å². The molecule has 0 atom stereocenters. The largest absolute Gasteiger partial charge is 0.416 e. The van der Waals surface area contributed by atoms with Crippen LogP contribution in [0, 0.1) is 0 Å². The second-order valence-corrected chi connectivity index (χ2v) is 5.27. The molecule has 8 heteroatoms. The number of nitrogen functional groups attached to an aromatic ring is 1. The molecule has 4 nitrogen and oxygen atoms in total. The average molecular weight is 357 g/mol. The van der Waals surface area contributed by atoms with Crippen LogP contribution in [-0.4, -0.2) is 14.5 Å². The monoisotopic (exact) mass is 356 g/mol. The first-order valence-corrected chi connectivity index (χ1v) is 6.62. The normalized spacial score (nSPS) is 12.0. The van der Waals surface area contributed by atoms with Gasteiger partial charge >= 0.3 is 6.18 Å². The first-order chi connectivity index (χ1) is 9.86. The van der Waals surface area contributed by atoms with Crippen molar-refractivity contribution in [2.45, 2.75) is 6.18 Å². The number of benzene rings is 1. The zero-order valence-electron chi connectivity index (χ0n) is 10.4. The van der Waals surface area contributed by atoms with Gasteiger partial charge in [0.05, 0.1) is 11.3 Å². The van der Waals surface area contributed by atoms with E-state index in [1.54, 1.807) is 6.07 Å². The fourth-order valence-corrected chi connectivity index (χ4v) is 2.35. The summed E-state index contributed by atoms with van der Waals surface area (Å²) in [5.41, 5.74) is 6.22. The molecule has 0 aliphatic carbocycles. The summed E-state index contributed by atoms with van der Waals surface area (Å²) in [4.78, 5) is 8.27. The molecular weight excluding hydrogens is 349 g/mol. The van der Waals surface area contributed by atoms with Crippen LogP contribution in [0.4, 0.5) is 19.1 Å². The molecule has 0 aliphatic rings. The Bertz CT molecular complexity index is 826. The zero-order valence-corrected chi connectivity index (χ0v) is 12.0. The van der Waals surface area contributed by atoms with Gasteiger partial charge in [-0.15, -0.1) is 0 Å². The van der Waals surface area contributed by atoms with Gasteiger partial charge in [-0.25, -0.2) is 9.97 Å². The SMILES string of the molecule is Nc1nc2cc(Br)cnc2n1-c1cccc(C(F)(F)F)c1. The van der Waals surface area contributed by atoms with Gasteiger partial charge in [0.25, 0.3) is 0 Å². The minimum Gasteiger partial charge on any atom is -0.369 e. The summed E-state index contributed by atoms with van der Waals surface area (Å²) in [6.07, 6.45) is -2.88. The van der Waals surface area contributed by atoms with Crippen molar-refractivity contribution in [1.29, 1.82) is 0 Å². The molecule has 0 amide bonds. The lowest BCUT2D eigenvalue weighted by molar-refractivity contribution is -0.137. The maximum Gasteiger partial charge on any atom is 0.416 e. The number of pyridine rings is 1. The highest BCUT2D eigenvalue weighted by molar-refractivity contribution is 9.10. The van der Waals surface area contributed by atoms with E-state index in [-0.39, 0.29) is 11.6 Å². The Morgan fingerprint density at radius 1 is 1.19 bits per heavy atom. The van der Waals surface area contributed by atoms with Gasteiger partial charge in [-0.2, -0.15) is 13.2 Å². The number of nitrogens with two attached hydrogens (primary N) is 1. The third-order valence-electron chi connectivity index (χ3n) is 2.92. The smallest absolute Gasteiger partial charge is 0.369 e. The molecule has 0 unspecified atom stereocenters. The number of hydrogen-bond acceptors (Lipinski definition) is 3. The van der Waals surface area contributed by atoms with Gasteiger partial charge in [0.1, 0.15) is 5.52 Å².